The molecule has 2 saturated heterocycles. The van der Waals surface area contributed by atoms with E-state index in [9.17, 15) is 9.18 Å². The first-order chi connectivity index (χ1) is 14.5. The van der Waals surface area contributed by atoms with Crippen molar-refractivity contribution >= 4 is 5.91 Å². The first-order valence-electron chi connectivity index (χ1n) is 11.2. The number of piperidine rings is 2. The Kier molecular flexibility index (Phi) is 6.47. The summed E-state index contributed by atoms with van der Waals surface area (Å²) in [5.74, 6) is 0.981. The Morgan fingerprint density at radius 1 is 1.03 bits per heavy atom. The van der Waals surface area contributed by atoms with Gasteiger partial charge in [-0.25, -0.2) is 4.39 Å². The normalized spacial score (nSPS) is 19.2. The Morgan fingerprint density at radius 3 is 2.43 bits per heavy atom. The molecule has 1 amide bonds. The van der Waals surface area contributed by atoms with Crippen LogP contribution in [0.3, 0.4) is 0 Å². The van der Waals surface area contributed by atoms with Crippen LogP contribution >= 0.6 is 0 Å². The van der Waals surface area contributed by atoms with Crippen molar-refractivity contribution in [3.05, 3.63) is 64.7 Å². The minimum absolute atomic E-state index is 0.135. The van der Waals surface area contributed by atoms with E-state index in [0.717, 1.165) is 74.4 Å². The Bertz CT molecular complexity index is 884. The molecular weight excluding hydrogens is 377 g/mol. The molecular formula is C25H32FN3O. The van der Waals surface area contributed by atoms with Crippen molar-refractivity contribution in [2.75, 3.05) is 26.2 Å². The monoisotopic (exact) mass is 409 g/mol. The van der Waals surface area contributed by atoms with Crippen LogP contribution in [-0.2, 0) is 6.54 Å². The van der Waals surface area contributed by atoms with E-state index in [1.807, 2.05) is 36.1 Å². The summed E-state index contributed by atoms with van der Waals surface area (Å²) in [6.45, 7) is 8.36. The maximum atomic E-state index is 14.0. The van der Waals surface area contributed by atoms with E-state index in [1.54, 1.807) is 6.07 Å². The number of likely N-dealkylation sites (tertiary alicyclic amines) is 2. The van der Waals surface area contributed by atoms with Crippen LogP contribution in [0.1, 0.15) is 65.8 Å². The highest BCUT2D eigenvalue weighted by molar-refractivity contribution is 5.95. The van der Waals surface area contributed by atoms with Crippen molar-refractivity contribution in [3.8, 4) is 0 Å². The zero-order valence-electron chi connectivity index (χ0n) is 18.1. The third kappa shape index (κ3) is 4.72. The predicted molar refractivity (Wildman–Crippen MR) is 117 cm³/mol. The number of carbonyl (C=O) groups is 1. The minimum Gasteiger partial charge on any atom is -0.339 e. The van der Waals surface area contributed by atoms with E-state index in [2.05, 4.69) is 11.8 Å². The van der Waals surface area contributed by atoms with Gasteiger partial charge in [-0.1, -0.05) is 25.1 Å². The number of benzene rings is 1. The number of aromatic nitrogens is 1. The molecule has 4 nitrogen and oxygen atoms in total. The van der Waals surface area contributed by atoms with Gasteiger partial charge in [-0.05, 0) is 69.8 Å². The molecule has 0 bridgehead atoms. The van der Waals surface area contributed by atoms with Gasteiger partial charge in [0.2, 0.25) is 0 Å². The topological polar surface area (TPSA) is 36.4 Å². The van der Waals surface area contributed by atoms with Crippen molar-refractivity contribution in [3.63, 3.8) is 0 Å². The quantitative estimate of drug-likeness (QED) is 0.729. The van der Waals surface area contributed by atoms with E-state index < -0.39 is 0 Å². The van der Waals surface area contributed by atoms with Crippen LogP contribution in [-0.4, -0.2) is 46.9 Å². The first-order valence-corrected chi connectivity index (χ1v) is 11.2. The lowest BCUT2D eigenvalue weighted by atomic mass is 9.89. The van der Waals surface area contributed by atoms with Gasteiger partial charge in [0.25, 0.3) is 5.91 Å². The molecule has 2 aromatic rings. The fourth-order valence-corrected chi connectivity index (χ4v) is 4.68. The van der Waals surface area contributed by atoms with Gasteiger partial charge in [0.05, 0.1) is 11.3 Å². The van der Waals surface area contributed by atoms with Crippen LogP contribution < -0.4 is 0 Å². The summed E-state index contributed by atoms with van der Waals surface area (Å²) in [6.07, 6.45) is 4.05. The van der Waals surface area contributed by atoms with Crippen LogP contribution in [0.25, 0.3) is 0 Å². The van der Waals surface area contributed by atoms with Gasteiger partial charge in [-0.15, -0.1) is 0 Å². The molecule has 0 unspecified atom stereocenters. The molecule has 0 atom stereocenters. The third-order valence-electron chi connectivity index (χ3n) is 6.69. The Balaban J connectivity index is 1.45. The van der Waals surface area contributed by atoms with Crippen LogP contribution in [0.5, 0.6) is 0 Å². The summed E-state index contributed by atoms with van der Waals surface area (Å²) in [7, 11) is 0. The average Bonchev–Trinajstić information content (AvgIpc) is 2.76. The van der Waals surface area contributed by atoms with Gasteiger partial charge in [-0.3, -0.25) is 14.7 Å². The second kappa shape index (κ2) is 9.25. The molecule has 1 aromatic heterocycles. The fraction of sp³-hybridized carbons (Fsp3) is 0.520. The van der Waals surface area contributed by atoms with Crippen LogP contribution in [0.4, 0.5) is 4.39 Å². The van der Waals surface area contributed by atoms with Crippen molar-refractivity contribution in [2.45, 2.75) is 52.0 Å². The van der Waals surface area contributed by atoms with Crippen molar-refractivity contribution in [2.24, 2.45) is 5.92 Å². The summed E-state index contributed by atoms with van der Waals surface area (Å²) in [6, 6.07) is 10.9. The van der Waals surface area contributed by atoms with Gasteiger partial charge >= 0.3 is 0 Å². The highest BCUT2D eigenvalue weighted by Crippen LogP contribution is 2.31. The lowest BCUT2D eigenvalue weighted by molar-refractivity contribution is 0.0694. The number of carbonyl (C=O) groups excluding carboxylic acids is 1. The number of halogens is 1. The standard InChI is InChI=1S/C25H32FN3O/c1-18-9-15-29(16-10-18)25(30)22-8-7-19(2)27-24(22)20-11-13-28(14-12-20)17-21-5-3-4-6-23(21)26/h3-8,18,20H,9-17H2,1-2H3. The molecule has 0 N–H and O–H groups in total. The molecule has 2 aliphatic heterocycles. The van der Waals surface area contributed by atoms with Crippen molar-refractivity contribution in [1.82, 2.24) is 14.8 Å². The molecule has 160 valence electrons. The molecule has 2 aliphatic rings. The summed E-state index contributed by atoms with van der Waals surface area (Å²) in [5, 5.41) is 0. The Labute approximate surface area is 179 Å². The number of rotatable bonds is 4. The number of nitrogens with zero attached hydrogens (tertiary/aromatic N) is 3. The molecule has 2 fully saturated rings. The molecule has 0 saturated carbocycles. The van der Waals surface area contributed by atoms with Gasteiger partial charge in [-0.2, -0.15) is 0 Å². The van der Waals surface area contributed by atoms with Crippen molar-refractivity contribution < 1.29 is 9.18 Å². The molecule has 0 radical (unpaired) electrons. The summed E-state index contributed by atoms with van der Waals surface area (Å²) in [4.78, 5) is 22.4. The number of hydrogen-bond acceptors (Lipinski definition) is 3. The molecule has 5 heteroatoms. The molecule has 3 heterocycles. The summed E-state index contributed by atoms with van der Waals surface area (Å²) >= 11 is 0. The van der Waals surface area contributed by atoms with Crippen LogP contribution in [0.15, 0.2) is 36.4 Å². The molecule has 4 rings (SSSR count). The van der Waals surface area contributed by atoms with Gasteiger partial charge < -0.3 is 4.90 Å². The van der Waals surface area contributed by atoms with Gasteiger partial charge in [0.1, 0.15) is 5.82 Å². The maximum absolute atomic E-state index is 14.0. The Morgan fingerprint density at radius 2 is 1.73 bits per heavy atom. The number of amides is 1. The number of hydrogen-bond donors (Lipinski definition) is 0. The summed E-state index contributed by atoms with van der Waals surface area (Å²) < 4.78 is 14.0. The highest BCUT2D eigenvalue weighted by Gasteiger charge is 2.29. The maximum Gasteiger partial charge on any atom is 0.255 e. The second-order valence-electron chi connectivity index (χ2n) is 9.00. The zero-order chi connectivity index (χ0) is 21.1. The predicted octanol–water partition coefficient (Wildman–Crippen LogP) is 4.78. The highest BCUT2D eigenvalue weighted by atomic mass is 19.1. The smallest absolute Gasteiger partial charge is 0.255 e. The third-order valence-corrected chi connectivity index (χ3v) is 6.69. The lowest BCUT2D eigenvalue weighted by Crippen LogP contribution is -2.39. The van der Waals surface area contributed by atoms with Gasteiger partial charge in [0.15, 0.2) is 0 Å². The summed E-state index contributed by atoms with van der Waals surface area (Å²) in [5.41, 5.74) is 3.45. The first kappa shape index (κ1) is 21.0. The fourth-order valence-electron chi connectivity index (χ4n) is 4.68. The van der Waals surface area contributed by atoms with Crippen LogP contribution in [0, 0.1) is 18.7 Å². The zero-order valence-corrected chi connectivity index (χ0v) is 18.1. The number of aryl methyl sites for hydroxylation is 1. The van der Waals surface area contributed by atoms with E-state index in [4.69, 9.17) is 4.98 Å². The Hall–Kier alpha value is -2.27. The number of pyridine rings is 1. The van der Waals surface area contributed by atoms with Crippen LogP contribution in [0.2, 0.25) is 0 Å². The molecule has 1 aromatic carbocycles. The molecule has 30 heavy (non-hydrogen) atoms. The molecule has 0 aliphatic carbocycles. The van der Waals surface area contributed by atoms with Gasteiger partial charge in [0, 0.05) is 36.8 Å². The second-order valence-corrected chi connectivity index (χ2v) is 9.00. The van der Waals surface area contributed by atoms with E-state index in [1.165, 1.54) is 6.07 Å². The van der Waals surface area contributed by atoms with E-state index in [0.29, 0.717) is 12.5 Å². The molecule has 0 spiro atoms. The largest absolute Gasteiger partial charge is 0.339 e. The SMILES string of the molecule is Cc1ccc(C(=O)N2CCC(C)CC2)c(C2CCN(Cc3ccccc3F)CC2)n1. The van der Waals surface area contributed by atoms with E-state index >= 15 is 0 Å². The average molecular weight is 410 g/mol. The lowest BCUT2D eigenvalue weighted by Gasteiger charge is -2.34. The van der Waals surface area contributed by atoms with E-state index in [-0.39, 0.29) is 17.6 Å². The van der Waals surface area contributed by atoms with Crippen molar-refractivity contribution in [1.29, 1.82) is 0 Å². The minimum atomic E-state index is -0.135.